The molecule has 1 fully saturated rings. The fourth-order valence-corrected chi connectivity index (χ4v) is 3.91. The van der Waals surface area contributed by atoms with Crippen LogP contribution in [0, 0.1) is 13.8 Å². The molecule has 1 aliphatic rings. The van der Waals surface area contributed by atoms with Crippen molar-refractivity contribution in [2.24, 2.45) is 0 Å². The number of amides is 3. The van der Waals surface area contributed by atoms with Crippen LogP contribution in [-0.2, 0) is 4.79 Å². The predicted molar refractivity (Wildman–Crippen MR) is 142 cm³/mol. The van der Waals surface area contributed by atoms with Gasteiger partial charge in [0.1, 0.15) is 12.3 Å². The molecular weight excluding hydrogens is 454 g/mol. The summed E-state index contributed by atoms with van der Waals surface area (Å²) >= 11 is 0. The van der Waals surface area contributed by atoms with E-state index >= 15 is 0 Å². The highest BCUT2D eigenvalue weighted by molar-refractivity contribution is 5.94. The minimum Gasteiger partial charge on any atom is -0.497 e. The van der Waals surface area contributed by atoms with E-state index in [1.54, 1.807) is 12.0 Å². The van der Waals surface area contributed by atoms with E-state index < -0.39 is 0 Å². The van der Waals surface area contributed by atoms with Gasteiger partial charge in [-0.05, 0) is 95.0 Å². The fourth-order valence-electron chi connectivity index (χ4n) is 3.91. The molecule has 0 atom stereocenters. The summed E-state index contributed by atoms with van der Waals surface area (Å²) in [5, 5.41) is 5.92. The monoisotopic (exact) mass is 489 g/mol. The van der Waals surface area contributed by atoms with E-state index in [1.165, 1.54) is 5.56 Å². The largest absolute Gasteiger partial charge is 0.497 e. The second-order valence-electron chi connectivity index (χ2n) is 10.4. The zero-order valence-corrected chi connectivity index (χ0v) is 21.9. The number of nitrogens with zero attached hydrogens (tertiary/aromatic N) is 3. The minimum atomic E-state index is -0.381. The van der Waals surface area contributed by atoms with Gasteiger partial charge >= 0.3 is 6.03 Å². The number of anilines is 1. The van der Waals surface area contributed by atoms with Crippen LogP contribution in [0.5, 0.6) is 5.75 Å². The Hall–Kier alpha value is -3.81. The number of hydrogen-bond donors (Lipinski definition) is 2. The third-order valence-corrected chi connectivity index (χ3v) is 6.16. The molecule has 3 amide bonds. The number of nitrogens with one attached hydrogen (secondary N) is 2. The molecule has 36 heavy (non-hydrogen) atoms. The molecule has 0 aliphatic heterocycles. The summed E-state index contributed by atoms with van der Waals surface area (Å²) in [7, 11) is 1.63. The lowest BCUT2D eigenvalue weighted by molar-refractivity contribution is -0.117. The molecule has 1 aromatic heterocycles. The van der Waals surface area contributed by atoms with Crippen LogP contribution >= 0.6 is 0 Å². The number of ether oxygens (including phenoxy) is 1. The average Bonchev–Trinajstić information content (AvgIpc) is 3.58. The molecule has 1 heterocycles. The molecule has 4 rings (SSSR count). The third-order valence-electron chi connectivity index (χ3n) is 6.16. The highest BCUT2D eigenvalue weighted by Gasteiger charge is 2.35. The first-order valence-corrected chi connectivity index (χ1v) is 12.2. The predicted octanol–water partition coefficient (Wildman–Crippen LogP) is 5.08. The van der Waals surface area contributed by atoms with Crippen molar-refractivity contribution in [3.63, 3.8) is 0 Å². The van der Waals surface area contributed by atoms with Crippen LogP contribution < -0.4 is 15.4 Å². The van der Waals surface area contributed by atoms with Gasteiger partial charge in [0.15, 0.2) is 0 Å². The fraction of sp³-hybridized carbons (Fsp3) is 0.393. The summed E-state index contributed by atoms with van der Waals surface area (Å²) in [6.07, 6.45) is 3.72. The standard InChI is InChI=1S/C28H35N5O3/c1-18-7-10-22(15-19(18)2)32-16-24(20-8-13-23(36-6)14-9-20)29-26(32)30-25(34)17-33(21-11-12-21)27(35)31-28(3,4)5/h7-10,13-16,21H,11-12,17H2,1-6H3,(H,31,35)(H,29,30,34). The van der Waals surface area contributed by atoms with Gasteiger partial charge in [-0.25, -0.2) is 9.78 Å². The number of aryl methyl sites for hydroxylation is 2. The zero-order valence-electron chi connectivity index (χ0n) is 21.9. The molecule has 2 N–H and O–H groups in total. The van der Waals surface area contributed by atoms with Gasteiger partial charge in [0, 0.05) is 29.0 Å². The highest BCUT2D eigenvalue weighted by atomic mass is 16.5. The minimum absolute atomic E-state index is 0.0375. The SMILES string of the molecule is COc1ccc(-c2cn(-c3ccc(C)c(C)c3)c(NC(=O)CN(C(=O)NC(C)(C)C)C3CC3)n2)cc1. The molecule has 0 saturated heterocycles. The normalized spacial score (nSPS) is 13.3. The van der Waals surface area contributed by atoms with Gasteiger partial charge in [0.05, 0.1) is 12.8 Å². The number of methoxy groups -OCH3 is 1. The number of benzene rings is 2. The van der Waals surface area contributed by atoms with Crippen molar-refractivity contribution in [1.82, 2.24) is 19.8 Å². The van der Waals surface area contributed by atoms with Crippen LogP contribution in [0.15, 0.2) is 48.7 Å². The van der Waals surface area contributed by atoms with E-state index in [0.29, 0.717) is 5.95 Å². The van der Waals surface area contributed by atoms with Crippen LogP contribution in [0.1, 0.15) is 44.7 Å². The molecule has 0 bridgehead atoms. The first-order chi connectivity index (χ1) is 17.0. The molecule has 8 heteroatoms. The van der Waals surface area contributed by atoms with Gasteiger partial charge in [-0.2, -0.15) is 0 Å². The molecule has 0 spiro atoms. The molecule has 1 aliphatic carbocycles. The van der Waals surface area contributed by atoms with E-state index in [9.17, 15) is 9.59 Å². The van der Waals surface area contributed by atoms with Gasteiger partial charge in [0.2, 0.25) is 11.9 Å². The summed E-state index contributed by atoms with van der Waals surface area (Å²) in [5.41, 5.74) is 4.46. The van der Waals surface area contributed by atoms with E-state index in [1.807, 2.05) is 61.9 Å². The van der Waals surface area contributed by atoms with Gasteiger partial charge in [-0.15, -0.1) is 0 Å². The second-order valence-corrected chi connectivity index (χ2v) is 10.4. The lowest BCUT2D eigenvalue weighted by Crippen LogP contribution is -2.51. The van der Waals surface area contributed by atoms with Gasteiger partial charge in [0.25, 0.3) is 0 Å². The Morgan fingerprint density at radius 2 is 1.78 bits per heavy atom. The van der Waals surface area contributed by atoms with E-state index in [2.05, 4.69) is 36.6 Å². The number of urea groups is 1. The summed E-state index contributed by atoms with van der Waals surface area (Å²) in [5.74, 6) is 0.874. The summed E-state index contributed by atoms with van der Waals surface area (Å²) < 4.78 is 7.15. The smallest absolute Gasteiger partial charge is 0.318 e. The van der Waals surface area contributed by atoms with Gasteiger partial charge < -0.3 is 15.0 Å². The zero-order chi connectivity index (χ0) is 26.0. The van der Waals surface area contributed by atoms with Crippen molar-refractivity contribution in [1.29, 1.82) is 0 Å². The average molecular weight is 490 g/mol. The Labute approximate surface area is 212 Å². The maximum absolute atomic E-state index is 13.2. The molecule has 3 aromatic rings. The Kier molecular flexibility index (Phi) is 7.06. The molecule has 190 valence electrons. The van der Waals surface area contributed by atoms with Gasteiger partial charge in [-0.3, -0.25) is 14.7 Å². The van der Waals surface area contributed by atoms with E-state index in [4.69, 9.17) is 9.72 Å². The number of rotatable bonds is 7. The Morgan fingerprint density at radius 3 is 2.36 bits per heavy atom. The van der Waals surface area contributed by atoms with Crippen LogP contribution in [0.4, 0.5) is 10.7 Å². The van der Waals surface area contributed by atoms with Gasteiger partial charge in [-0.1, -0.05) is 6.07 Å². The van der Waals surface area contributed by atoms with Crippen LogP contribution in [0.25, 0.3) is 16.9 Å². The van der Waals surface area contributed by atoms with Crippen molar-refractivity contribution in [2.75, 3.05) is 19.0 Å². The van der Waals surface area contributed by atoms with Crippen molar-refractivity contribution < 1.29 is 14.3 Å². The number of carbonyl (C=O) groups excluding carboxylic acids is 2. The van der Waals surface area contributed by atoms with Crippen molar-refractivity contribution in [3.05, 3.63) is 59.8 Å². The topological polar surface area (TPSA) is 88.5 Å². The van der Waals surface area contributed by atoms with Crippen molar-refractivity contribution >= 4 is 17.9 Å². The van der Waals surface area contributed by atoms with Crippen LogP contribution in [0.3, 0.4) is 0 Å². The Balaban J connectivity index is 1.62. The first-order valence-electron chi connectivity index (χ1n) is 12.2. The second kappa shape index (κ2) is 10.0. The molecule has 1 saturated carbocycles. The molecule has 0 radical (unpaired) electrons. The summed E-state index contributed by atoms with van der Waals surface area (Å²) in [6, 6.07) is 13.6. The van der Waals surface area contributed by atoms with Crippen LogP contribution in [0.2, 0.25) is 0 Å². The third kappa shape index (κ3) is 6.05. The Bertz CT molecular complexity index is 1250. The summed E-state index contributed by atoms with van der Waals surface area (Å²) in [6.45, 7) is 9.86. The Morgan fingerprint density at radius 1 is 1.08 bits per heavy atom. The van der Waals surface area contributed by atoms with Crippen molar-refractivity contribution in [3.8, 4) is 22.7 Å². The van der Waals surface area contributed by atoms with E-state index in [0.717, 1.165) is 41.1 Å². The highest BCUT2D eigenvalue weighted by Crippen LogP contribution is 2.29. The lowest BCUT2D eigenvalue weighted by Gasteiger charge is -2.28. The maximum atomic E-state index is 13.2. The number of imidazole rings is 1. The molecule has 2 aromatic carbocycles. The lowest BCUT2D eigenvalue weighted by atomic mass is 10.1. The van der Waals surface area contributed by atoms with Crippen LogP contribution in [-0.4, -0.2) is 51.6 Å². The molecular formula is C28H35N5O3. The number of carbonyl (C=O) groups is 2. The quantitative estimate of drug-likeness (QED) is 0.485. The summed E-state index contributed by atoms with van der Waals surface area (Å²) in [4.78, 5) is 32.4. The number of aromatic nitrogens is 2. The molecule has 8 nitrogen and oxygen atoms in total. The molecule has 0 unspecified atom stereocenters. The first kappa shape index (κ1) is 25.3. The number of hydrogen-bond acceptors (Lipinski definition) is 4. The van der Waals surface area contributed by atoms with E-state index in [-0.39, 0.29) is 30.1 Å². The van der Waals surface area contributed by atoms with Crippen molar-refractivity contribution in [2.45, 2.75) is 59.0 Å². The maximum Gasteiger partial charge on any atom is 0.318 e.